The number of ether oxygens (including phenoxy) is 3. The number of carbonyl (C=O) groups is 1. The summed E-state index contributed by atoms with van der Waals surface area (Å²) in [6.45, 7) is 0.520. The average molecular weight is 501 g/mol. The Morgan fingerprint density at radius 2 is 1.78 bits per heavy atom. The van der Waals surface area contributed by atoms with E-state index in [0.717, 1.165) is 22.4 Å². The number of amides is 1. The lowest BCUT2D eigenvalue weighted by atomic mass is 9.86. The van der Waals surface area contributed by atoms with Crippen LogP contribution in [0.1, 0.15) is 28.4 Å². The van der Waals surface area contributed by atoms with Crippen LogP contribution in [0.15, 0.2) is 66.4 Å². The summed E-state index contributed by atoms with van der Waals surface area (Å²) >= 11 is 0. The van der Waals surface area contributed by atoms with Gasteiger partial charge in [0.2, 0.25) is 0 Å². The smallest absolute Gasteiger partial charge is 0.287 e. The van der Waals surface area contributed by atoms with E-state index in [0.29, 0.717) is 36.0 Å². The van der Waals surface area contributed by atoms with Crippen molar-refractivity contribution in [3.05, 3.63) is 88.8 Å². The molecule has 9 nitrogen and oxygen atoms in total. The fraction of sp³-hybridized carbons (Fsp3) is 0.250. The Bertz CT molecular complexity index is 1400. The molecule has 1 N–H and O–H groups in total. The third-order valence-corrected chi connectivity index (χ3v) is 6.77. The zero-order valence-corrected chi connectivity index (χ0v) is 21.1. The van der Waals surface area contributed by atoms with Crippen molar-refractivity contribution in [1.82, 2.24) is 14.9 Å². The van der Waals surface area contributed by atoms with Crippen molar-refractivity contribution in [2.24, 2.45) is 0 Å². The molecule has 37 heavy (non-hydrogen) atoms. The largest absolute Gasteiger partial charge is 0.493 e. The Morgan fingerprint density at radius 3 is 2.49 bits per heavy atom. The van der Waals surface area contributed by atoms with E-state index in [1.165, 1.54) is 18.3 Å². The molecule has 0 aliphatic carbocycles. The molecule has 2 aromatic carbocycles. The third kappa shape index (κ3) is 4.12. The van der Waals surface area contributed by atoms with Crippen LogP contribution in [-0.2, 0) is 16.0 Å². The Kier molecular flexibility index (Phi) is 6.43. The fourth-order valence-corrected chi connectivity index (χ4v) is 4.96. The molecule has 0 fully saturated rings. The molecule has 2 aliphatic heterocycles. The molecule has 0 spiro atoms. The lowest BCUT2D eigenvalue weighted by Gasteiger charge is -2.44. The van der Waals surface area contributed by atoms with Gasteiger partial charge in [0, 0.05) is 24.9 Å². The van der Waals surface area contributed by atoms with Gasteiger partial charge in [0.05, 0.1) is 33.1 Å². The molecular weight excluding hydrogens is 472 g/mol. The summed E-state index contributed by atoms with van der Waals surface area (Å²) < 4.78 is 16.1. The zero-order valence-electron chi connectivity index (χ0n) is 21.1. The van der Waals surface area contributed by atoms with Crippen molar-refractivity contribution < 1.29 is 24.1 Å². The average Bonchev–Trinajstić information content (AvgIpc) is 2.94. The van der Waals surface area contributed by atoms with Crippen LogP contribution < -0.4 is 14.4 Å². The normalized spacial score (nSPS) is 17.7. The first-order valence-corrected chi connectivity index (χ1v) is 11.8. The first-order chi connectivity index (χ1) is 18.0. The molecule has 0 saturated carbocycles. The van der Waals surface area contributed by atoms with Crippen LogP contribution in [-0.4, -0.2) is 60.8 Å². The highest BCUT2D eigenvalue weighted by atomic mass is 16.6. The number of methoxy groups -OCH3 is 3. The number of carbonyl (C=O) groups excluding carboxylic acids is 1. The Hall–Kier alpha value is -4.53. The van der Waals surface area contributed by atoms with Crippen molar-refractivity contribution in [3.63, 3.8) is 0 Å². The maximum atomic E-state index is 13.5. The predicted molar refractivity (Wildman–Crippen MR) is 139 cm³/mol. The molecule has 2 aliphatic rings. The third-order valence-electron chi connectivity index (χ3n) is 6.77. The lowest BCUT2D eigenvalue weighted by molar-refractivity contribution is -0.116. The van der Waals surface area contributed by atoms with Gasteiger partial charge in [-0.05, 0) is 35.8 Å². The molecule has 0 bridgehead atoms. The van der Waals surface area contributed by atoms with E-state index < -0.39 is 12.0 Å². The molecular formula is C28H28N4O5. The summed E-state index contributed by atoms with van der Waals surface area (Å²) in [5.41, 5.74) is 4.45. The van der Waals surface area contributed by atoms with Crippen LogP contribution >= 0.6 is 0 Å². The van der Waals surface area contributed by atoms with Gasteiger partial charge in [-0.1, -0.05) is 36.4 Å². The second kappa shape index (κ2) is 9.85. The van der Waals surface area contributed by atoms with Crippen molar-refractivity contribution in [1.29, 1.82) is 0 Å². The maximum Gasteiger partial charge on any atom is 0.287 e. The number of likely N-dealkylation sites (N-methyl/N-ethyl adjacent to an activating group) is 1. The first-order valence-electron chi connectivity index (χ1n) is 11.8. The minimum absolute atomic E-state index is 0.141. The van der Waals surface area contributed by atoms with Gasteiger partial charge in [-0.25, -0.2) is 9.97 Å². The van der Waals surface area contributed by atoms with Gasteiger partial charge >= 0.3 is 0 Å². The van der Waals surface area contributed by atoms with Gasteiger partial charge in [-0.15, -0.1) is 0 Å². The van der Waals surface area contributed by atoms with Gasteiger partial charge < -0.3 is 24.2 Å². The van der Waals surface area contributed by atoms with Gasteiger partial charge in [0.15, 0.2) is 11.5 Å². The highest BCUT2D eigenvalue weighted by Crippen LogP contribution is 2.48. The predicted octanol–water partition coefficient (Wildman–Crippen LogP) is 3.98. The number of hydrogen-bond donors (Lipinski definition) is 1. The standard InChI is InChI=1S/C28H28N4O5/c1-31-26-23-19(29-16-30-26)15-20(18-8-6-5-7-9-18)32(25(23)24(27(31)33)28(34)37-4)13-12-17-10-11-21(35-2)22(14-17)36-3/h5-11,14-16,25,34H,12-13H2,1-4H3/b28-24-. The zero-order chi connectivity index (χ0) is 26.1. The quantitative estimate of drug-likeness (QED) is 0.384. The number of aliphatic hydroxyl groups is 1. The minimum atomic E-state index is -0.643. The molecule has 1 aromatic heterocycles. The number of hydrogen-bond acceptors (Lipinski definition) is 8. The Morgan fingerprint density at radius 1 is 1.03 bits per heavy atom. The molecule has 0 radical (unpaired) electrons. The van der Waals surface area contributed by atoms with E-state index in [1.54, 1.807) is 21.3 Å². The SMILES string of the molecule is CO/C(O)=C1\C(=O)N(C)c2ncnc3c2C1N(CCc1ccc(OC)c(OC)c1)C(c1ccccc1)=C3. The number of nitrogens with zero attached hydrogens (tertiary/aromatic N) is 4. The molecule has 3 aromatic rings. The van der Waals surface area contributed by atoms with E-state index in [1.807, 2.05) is 54.6 Å². The van der Waals surface area contributed by atoms with Crippen LogP contribution in [0.5, 0.6) is 11.5 Å². The Balaban J connectivity index is 1.66. The molecule has 3 heterocycles. The second-order valence-electron chi connectivity index (χ2n) is 8.71. The number of benzene rings is 2. The van der Waals surface area contributed by atoms with Crippen LogP contribution in [0.4, 0.5) is 5.82 Å². The first kappa shape index (κ1) is 24.2. The molecule has 9 heteroatoms. The summed E-state index contributed by atoms with van der Waals surface area (Å²) in [6, 6.07) is 15.1. The van der Waals surface area contributed by atoms with Crippen LogP contribution in [0.2, 0.25) is 0 Å². The van der Waals surface area contributed by atoms with E-state index >= 15 is 0 Å². The minimum Gasteiger partial charge on any atom is -0.493 e. The second-order valence-corrected chi connectivity index (χ2v) is 8.71. The van der Waals surface area contributed by atoms with Crippen molar-refractivity contribution in [2.45, 2.75) is 12.5 Å². The van der Waals surface area contributed by atoms with Gasteiger partial charge in [0.25, 0.3) is 11.9 Å². The van der Waals surface area contributed by atoms with Crippen LogP contribution in [0.3, 0.4) is 0 Å². The highest BCUT2D eigenvalue weighted by Gasteiger charge is 2.45. The van der Waals surface area contributed by atoms with E-state index in [-0.39, 0.29) is 11.5 Å². The van der Waals surface area contributed by atoms with Crippen molar-refractivity contribution in [2.75, 3.05) is 39.8 Å². The number of anilines is 1. The molecule has 190 valence electrons. The van der Waals surface area contributed by atoms with Gasteiger partial charge in [0.1, 0.15) is 17.7 Å². The van der Waals surface area contributed by atoms with E-state index in [9.17, 15) is 9.90 Å². The summed E-state index contributed by atoms with van der Waals surface area (Å²) in [4.78, 5) is 26.0. The molecule has 5 rings (SSSR count). The van der Waals surface area contributed by atoms with Crippen molar-refractivity contribution >= 4 is 23.5 Å². The van der Waals surface area contributed by atoms with E-state index in [4.69, 9.17) is 14.2 Å². The number of aromatic nitrogens is 2. The molecule has 1 atom stereocenters. The maximum absolute atomic E-state index is 13.5. The van der Waals surface area contributed by atoms with Crippen molar-refractivity contribution in [3.8, 4) is 11.5 Å². The monoisotopic (exact) mass is 500 g/mol. The number of aliphatic hydroxyl groups excluding tert-OH is 1. The molecule has 0 saturated heterocycles. The van der Waals surface area contributed by atoms with Crippen LogP contribution in [0.25, 0.3) is 11.8 Å². The Labute approximate surface area is 215 Å². The van der Waals surface area contributed by atoms with Gasteiger partial charge in [-0.3, -0.25) is 9.69 Å². The van der Waals surface area contributed by atoms with Crippen LogP contribution in [0, 0.1) is 0 Å². The molecule has 1 unspecified atom stereocenters. The lowest BCUT2D eigenvalue weighted by Crippen LogP contribution is -2.45. The molecule has 1 amide bonds. The highest BCUT2D eigenvalue weighted by molar-refractivity contribution is 6.10. The fourth-order valence-electron chi connectivity index (χ4n) is 4.96. The van der Waals surface area contributed by atoms with E-state index in [2.05, 4.69) is 14.9 Å². The summed E-state index contributed by atoms with van der Waals surface area (Å²) in [5.74, 6) is 0.998. The summed E-state index contributed by atoms with van der Waals surface area (Å²) in [7, 11) is 6.19. The number of rotatable bonds is 7. The summed E-state index contributed by atoms with van der Waals surface area (Å²) in [5, 5.41) is 10.8. The topological polar surface area (TPSA) is 97.3 Å². The van der Waals surface area contributed by atoms with Gasteiger partial charge in [-0.2, -0.15) is 0 Å². The summed E-state index contributed by atoms with van der Waals surface area (Å²) in [6.07, 6.45) is 4.09.